The van der Waals surface area contributed by atoms with Gasteiger partial charge in [0, 0.05) is 17.2 Å². The van der Waals surface area contributed by atoms with E-state index in [4.69, 9.17) is 19.2 Å². The minimum atomic E-state index is -0.743. The number of ether oxygens (including phenoxy) is 3. The van der Waals surface area contributed by atoms with Crippen LogP contribution in [0.15, 0.2) is 82.7 Å². The number of nitro benzene ring substituents is 1. The van der Waals surface area contributed by atoms with E-state index in [0.29, 0.717) is 22.2 Å². The smallest absolute Gasteiger partial charge is 0.315 e. The molecule has 1 heterocycles. The lowest BCUT2D eigenvalue weighted by molar-refractivity contribution is -0.385. The molecule has 0 fully saturated rings. The fourth-order valence-electron chi connectivity index (χ4n) is 5.10. The van der Waals surface area contributed by atoms with E-state index in [1.165, 1.54) is 43.7 Å². The lowest BCUT2D eigenvalue weighted by Crippen LogP contribution is -2.21. The molecule has 4 aromatic carbocycles. The number of carbonyl (C=O) groups excluding carboxylic acids is 1. The van der Waals surface area contributed by atoms with Gasteiger partial charge in [0.1, 0.15) is 11.6 Å². The molecule has 1 N–H and O–H groups in total. The molecule has 0 radical (unpaired) electrons. The van der Waals surface area contributed by atoms with Crippen LogP contribution < -0.4 is 25.1 Å². The molecule has 5 rings (SSSR count). The van der Waals surface area contributed by atoms with E-state index in [1.54, 1.807) is 37.4 Å². The summed E-state index contributed by atoms with van der Waals surface area (Å²) in [4.78, 5) is 42.5. The molecule has 0 aliphatic carbocycles. The molecule has 0 aliphatic rings. The minimum absolute atomic E-state index is 0.0674. The average molecular weight is 654 g/mol. The number of methoxy groups -OCH3 is 2. The number of amides is 1. The number of aryl methyl sites for hydroxylation is 1. The maximum atomic E-state index is 14.0. The molecule has 1 aromatic heterocycles. The van der Waals surface area contributed by atoms with Crippen molar-refractivity contribution in [1.29, 1.82) is 0 Å². The fourth-order valence-corrected chi connectivity index (χ4v) is 5.10. The molecule has 0 saturated carbocycles. The number of nitrogens with zero attached hydrogens (tertiary/aromatic N) is 4. The van der Waals surface area contributed by atoms with Gasteiger partial charge in [0.05, 0.1) is 41.9 Å². The molecule has 0 aliphatic heterocycles. The number of fused-ring (bicyclic) bond motifs is 1. The summed E-state index contributed by atoms with van der Waals surface area (Å²) < 4.78 is 31.6. The van der Waals surface area contributed by atoms with Crippen LogP contribution in [0.4, 0.5) is 15.8 Å². The Kier molecular flexibility index (Phi) is 9.78. The highest BCUT2D eigenvalue weighted by Crippen LogP contribution is 2.38. The van der Waals surface area contributed by atoms with Gasteiger partial charge in [0.15, 0.2) is 18.2 Å². The molecule has 0 atom stereocenters. The molecule has 0 unspecified atom stereocenters. The van der Waals surface area contributed by atoms with Crippen molar-refractivity contribution < 1.29 is 28.3 Å². The second kappa shape index (κ2) is 14.1. The minimum Gasteiger partial charge on any atom is -0.496 e. The zero-order valence-corrected chi connectivity index (χ0v) is 26.8. The maximum absolute atomic E-state index is 14.0. The summed E-state index contributed by atoms with van der Waals surface area (Å²) in [7, 11) is 2.88. The summed E-state index contributed by atoms with van der Waals surface area (Å²) >= 11 is 0. The Morgan fingerprint density at radius 2 is 1.77 bits per heavy atom. The van der Waals surface area contributed by atoms with Crippen LogP contribution in [0.5, 0.6) is 17.2 Å². The molecular formula is C35H32FN5O7. The van der Waals surface area contributed by atoms with Crippen molar-refractivity contribution in [3.63, 3.8) is 0 Å². The summed E-state index contributed by atoms with van der Waals surface area (Å²) in [5.74, 6) is -0.709. The molecule has 48 heavy (non-hydrogen) atoms. The number of hydrogen-bond acceptors (Lipinski definition) is 9. The van der Waals surface area contributed by atoms with Crippen molar-refractivity contribution in [1.82, 2.24) is 9.66 Å². The van der Waals surface area contributed by atoms with E-state index < -0.39 is 34.5 Å². The van der Waals surface area contributed by atoms with E-state index in [9.17, 15) is 24.1 Å². The van der Waals surface area contributed by atoms with Crippen molar-refractivity contribution >= 4 is 34.4 Å². The largest absolute Gasteiger partial charge is 0.496 e. The van der Waals surface area contributed by atoms with Gasteiger partial charge in [0.2, 0.25) is 5.75 Å². The zero-order chi connectivity index (χ0) is 34.5. The van der Waals surface area contributed by atoms with Gasteiger partial charge in [-0.25, -0.2) is 9.37 Å². The van der Waals surface area contributed by atoms with Gasteiger partial charge in [-0.1, -0.05) is 38.1 Å². The number of halogens is 1. The number of nitro groups is 1. The van der Waals surface area contributed by atoms with Crippen LogP contribution in [-0.4, -0.2) is 47.5 Å². The van der Waals surface area contributed by atoms with Gasteiger partial charge in [-0.2, -0.15) is 9.78 Å². The maximum Gasteiger partial charge on any atom is 0.315 e. The quantitative estimate of drug-likeness (QED) is 0.0971. The zero-order valence-electron chi connectivity index (χ0n) is 26.8. The summed E-state index contributed by atoms with van der Waals surface area (Å²) in [5.41, 5.74) is 1.99. The number of benzene rings is 4. The summed E-state index contributed by atoms with van der Waals surface area (Å²) in [5, 5.41) is 19.3. The SMILES string of the molecule is COc1cc(C)c(-c2nc3ccccc3c(=O)n2N=Cc2cc(OC)c(OCC(=O)Nc3ccccc3F)c([N+](=O)[O-])c2)cc1C(C)C. The van der Waals surface area contributed by atoms with Crippen molar-refractivity contribution in [2.45, 2.75) is 26.7 Å². The van der Waals surface area contributed by atoms with Crippen LogP contribution in [0.25, 0.3) is 22.3 Å². The number of carbonyl (C=O) groups is 1. The Balaban J connectivity index is 1.56. The molecule has 1 amide bonds. The second-order valence-corrected chi connectivity index (χ2v) is 11.0. The predicted octanol–water partition coefficient (Wildman–Crippen LogP) is 6.46. The Hall–Kier alpha value is -6.11. The van der Waals surface area contributed by atoms with Crippen LogP contribution in [-0.2, 0) is 4.79 Å². The van der Waals surface area contributed by atoms with Gasteiger partial charge < -0.3 is 19.5 Å². The predicted molar refractivity (Wildman–Crippen MR) is 180 cm³/mol. The highest BCUT2D eigenvalue weighted by molar-refractivity contribution is 5.92. The Morgan fingerprint density at radius 3 is 2.46 bits per heavy atom. The number of nitrogens with one attached hydrogen (secondary N) is 1. The molecule has 246 valence electrons. The molecule has 12 nitrogen and oxygen atoms in total. The normalized spacial score (nSPS) is 11.2. The monoisotopic (exact) mass is 653 g/mol. The van der Waals surface area contributed by atoms with Crippen LogP contribution in [0.2, 0.25) is 0 Å². The Labute approximate surface area is 274 Å². The van der Waals surface area contributed by atoms with Gasteiger partial charge in [-0.15, -0.1) is 0 Å². The third kappa shape index (κ3) is 6.84. The van der Waals surface area contributed by atoms with Crippen molar-refractivity contribution in [3.8, 4) is 28.6 Å². The van der Waals surface area contributed by atoms with E-state index in [-0.39, 0.29) is 34.5 Å². The van der Waals surface area contributed by atoms with E-state index in [1.807, 2.05) is 32.9 Å². The van der Waals surface area contributed by atoms with E-state index >= 15 is 0 Å². The fraction of sp³-hybridized carbons (Fsp3) is 0.200. The summed E-state index contributed by atoms with van der Waals surface area (Å²) in [6.45, 7) is 5.26. The van der Waals surface area contributed by atoms with Crippen molar-refractivity contribution in [2.24, 2.45) is 5.10 Å². The highest BCUT2D eigenvalue weighted by Gasteiger charge is 2.24. The topological polar surface area (TPSA) is 147 Å². The van der Waals surface area contributed by atoms with E-state index in [0.717, 1.165) is 15.8 Å². The third-order valence-electron chi connectivity index (χ3n) is 7.49. The Morgan fingerprint density at radius 1 is 1.06 bits per heavy atom. The first kappa shape index (κ1) is 33.3. The average Bonchev–Trinajstić information content (AvgIpc) is 3.07. The number of aromatic nitrogens is 2. The van der Waals surface area contributed by atoms with Crippen LogP contribution in [0, 0.1) is 22.9 Å². The third-order valence-corrected chi connectivity index (χ3v) is 7.49. The highest BCUT2D eigenvalue weighted by atomic mass is 19.1. The van der Waals surface area contributed by atoms with Crippen LogP contribution in [0.1, 0.15) is 36.5 Å². The summed E-state index contributed by atoms with van der Waals surface area (Å²) in [6, 6.07) is 18.8. The van der Waals surface area contributed by atoms with Crippen LogP contribution >= 0.6 is 0 Å². The molecule has 0 spiro atoms. The second-order valence-electron chi connectivity index (χ2n) is 11.0. The number of rotatable bonds is 11. The number of hydrogen-bond donors (Lipinski definition) is 1. The summed E-state index contributed by atoms with van der Waals surface area (Å²) in [6.07, 6.45) is 1.27. The van der Waals surface area contributed by atoms with E-state index in [2.05, 4.69) is 10.4 Å². The van der Waals surface area contributed by atoms with Crippen molar-refractivity contribution in [2.75, 3.05) is 26.1 Å². The number of anilines is 1. The first-order chi connectivity index (χ1) is 23.0. The molecular weight excluding hydrogens is 621 g/mol. The lowest BCUT2D eigenvalue weighted by Gasteiger charge is -2.17. The molecule has 5 aromatic rings. The van der Waals surface area contributed by atoms with Crippen molar-refractivity contribution in [3.05, 3.63) is 116 Å². The first-order valence-electron chi connectivity index (χ1n) is 14.8. The number of para-hydroxylation sites is 2. The van der Waals surface area contributed by atoms with Gasteiger partial charge >= 0.3 is 5.69 Å². The molecule has 0 bridgehead atoms. The van der Waals surface area contributed by atoms with Crippen LogP contribution in [0.3, 0.4) is 0 Å². The van der Waals surface area contributed by atoms with Gasteiger partial charge in [-0.05, 0) is 66.4 Å². The lowest BCUT2D eigenvalue weighted by atomic mass is 9.96. The molecule has 13 heteroatoms. The first-order valence-corrected chi connectivity index (χ1v) is 14.8. The van der Waals surface area contributed by atoms with Gasteiger partial charge in [0.25, 0.3) is 11.5 Å². The van der Waals surface area contributed by atoms with Gasteiger partial charge in [-0.3, -0.25) is 19.7 Å². The standard InChI is InChI=1S/C35H32FN5O7/c1-20(2)24-17-25(21(3)14-30(24)46-4)34-39-27-12-8-6-10-23(27)35(43)40(34)37-18-22-15-29(41(44)45)33(31(16-22)47-5)48-19-32(42)38-28-13-9-7-11-26(28)36/h6-18,20H,19H2,1-5H3,(H,38,42). The Bertz CT molecular complexity index is 2130. The molecule has 0 saturated heterocycles.